The molecule has 2 aliphatic carbocycles. The molecule has 1 saturated carbocycles. The summed E-state index contributed by atoms with van der Waals surface area (Å²) in [5.74, 6) is -1.37. The lowest BCUT2D eigenvalue weighted by Gasteiger charge is -2.29. The van der Waals surface area contributed by atoms with E-state index in [0.29, 0.717) is 25.9 Å². The molecular formula is C27H30N2O6. The number of amides is 2. The summed E-state index contributed by atoms with van der Waals surface area (Å²) in [5.41, 5.74) is 3.56. The molecule has 8 heteroatoms. The highest BCUT2D eigenvalue weighted by atomic mass is 16.6. The Bertz CT molecular complexity index is 1100. The van der Waals surface area contributed by atoms with Gasteiger partial charge in [0.05, 0.1) is 11.5 Å². The maximum Gasteiger partial charge on any atom is 0.407 e. The fraction of sp³-hybridized carbons (Fsp3) is 0.444. The second-order valence-corrected chi connectivity index (χ2v) is 9.83. The van der Waals surface area contributed by atoms with Gasteiger partial charge in [0.25, 0.3) is 5.91 Å². The van der Waals surface area contributed by atoms with Crippen molar-refractivity contribution in [3.63, 3.8) is 0 Å². The third-order valence-electron chi connectivity index (χ3n) is 7.76. The van der Waals surface area contributed by atoms with E-state index >= 15 is 0 Å². The molecule has 1 aliphatic heterocycles. The van der Waals surface area contributed by atoms with E-state index in [9.17, 15) is 19.5 Å². The first-order chi connectivity index (χ1) is 16.9. The Balaban J connectivity index is 1.20. The fourth-order valence-electron chi connectivity index (χ4n) is 5.69. The molecule has 35 heavy (non-hydrogen) atoms. The molecule has 5 rings (SSSR count). The molecule has 0 radical (unpaired) electrons. The van der Waals surface area contributed by atoms with Crippen LogP contribution in [-0.4, -0.2) is 54.5 Å². The molecule has 2 aromatic rings. The van der Waals surface area contributed by atoms with Gasteiger partial charge in [0.15, 0.2) is 6.10 Å². The fourth-order valence-corrected chi connectivity index (χ4v) is 5.69. The summed E-state index contributed by atoms with van der Waals surface area (Å²) >= 11 is 0. The summed E-state index contributed by atoms with van der Waals surface area (Å²) in [4.78, 5) is 37.3. The third kappa shape index (κ3) is 4.27. The van der Waals surface area contributed by atoms with Crippen molar-refractivity contribution >= 4 is 18.0 Å². The zero-order valence-corrected chi connectivity index (χ0v) is 19.7. The van der Waals surface area contributed by atoms with Crippen LogP contribution in [0.15, 0.2) is 48.5 Å². The van der Waals surface area contributed by atoms with Crippen molar-refractivity contribution < 1.29 is 29.0 Å². The number of aliphatic carboxylic acids is 1. The number of alkyl carbamates (subject to hydrolysis) is 1. The first-order valence-corrected chi connectivity index (χ1v) is 12.2. The number of ether oxygens (including phenoxy) is 2. The molecule has 0 aromatic heterocycles. The molecule has 3 N–H and O–H groups in total. The van der Waals surface area contributed by atoms with Crippen LogP contribution in [0, 0.1) is 5.41 Å². The highest BCUT2D eigenvalue weighted by molar-refractivity contribution is 5.85. The maximum atomic E-state index is 12.9. The lowest BCUT2D eigenvalue weighted by Crippen LogP contribution is -2.54. The minimum absolute atomic E-state index is 0.0527. The lowest BCUT2D eigenvalue weighted by atomic mass is 9.84. The Hall–Kier alpha value is -3.39. The van der Waals surface area contributed by atoms with E-state index < -0.39 is 41.6 Å². The van der Waals surface area contributed by atoms with Crippen molar-refractivity contribution in [2.24, 2.45) is 5.41 Å². The molecular weight excluding hydrogens is 448 g/mol. The van der Waals surface area contributed by atoms with Gasteiger partial charge < -0.3 is 25.2 Å². The van der Waals surface area contributed by atoms with Crippen LogP contribution in [0.5, 0.6) is 0 Å². The smallest absolute Gasteiger partial charge is 0.407 e. The summed E-state index contributed by atoms with van der Waals surface area (Å²) < 4.78 is 11.2. The molecule has 1 saturated heterocycles. The van der Waals surface area contributed by atoms with E-state index in [1.165, 1.54) is 0 Å². The van der Waals surface area contributed by atoms with Crippen molar-refractivity contribution in [2.75, 3.05) is 13.2 Å². The number of carbonyl (C=O) groups excluding carboxylic acids is 2. The maximum absolute atomic E-state index is 12.9. The number of nitrogens with one attached hydrogen (secondary N) is 2. The summed E-state index contributed by atoms with van der Waals surface area (Å²) in [6.07, 6.45) is 0.848. The van der Waals surface area contributed by atoms with Crippen LogP contribution in [-0.2, 0) is 19.1 Å². The molecule has 184 valence electrons. The van der Waals surface area contributed by atoms with E-state index in [1.807, 2.05) is 24.3 Å². The zero-order valence-electron chi connectivity index (χ0n) is 19.7. The van der Waals surface area contributed by atoms with Crippen LogP contribution in [0.1, 0.15) is 49.7 Å². The van der Waals surface area contributed by atoms with Gasteiger partial charge in [-0.3, -0.25) is 9.59 Å². The van der Waals surface area contributed by atoms with Crippen molar-refractivity contribution in [1.82, 2.24) is 10.6 Å². The Morgan fingerprint density at radius 3 is 2.34 bits per heavy atom. The Morgan fingerprint density at radius 1 is 1.03 bits per heavy atom. The topological polar surface area (TPSA) is 114 Å². The summed E-state index contributed by atoms with van der Waals surface area (Å²) in [5, 5.41) is 15.3. The van der Waals surface area contributed by atoms with Crippen LogP contribution in [0.25, 0.3) is 11.1 Å². The van der Waals surface area contributed by atoms with Gasteiger partial charge in [-0.1, -0.05) is 55.0 Å². The standard InChI is InChI=1S/C27H30N2O6/c1-27(25(31)32)13-6-11-22(27)29-24(30)23-21(12-14-34-23)28-26(33)35-15-20-18-9-4-2-7-16(18)17-8-3-5-10-19(17)20/h2-5,7-10,20-23H,6,11-15H2,1H3,(H,28,33)(H,29,30)(H,31,32)/t21-,22?,23+,27?/m1/s1. The number of carboxylic acid groups (broad SMARTS) is 1. The Kier molecular flexibility index (Phi) is 6.23. The van der Waals surface area contributed by atoms with Crippen LogP contribution >= 0.6 is 0 Å². The Morgan fingerprint density at radius 2 is 1.69 bits per heavy atom. The molecule has 2 unspecified atom stereocenters. The van der Waals surface area contributed by atoms with Crippen LogP contribution in [0.4, 0.5) is 4.79 Å². The molecule has 4 atom stereocenters. The summed E-state index contributed by atoms with van der Waals surface area (Å²) in [7, 11) is 0. The third-order valence-corrected chi connectivity index (χ3v) is 7.76. The van der Waals surface area contributed by atoms with Crippen molar-refractivity contribution in [3.05, 3.63) is 59.7 Å². The molecule has 8 nitrogen and oxygen atoms in total. The summed E-state index contributed by atoms with van der Waals surface area (Å²) in [6, 6.07) is 15.2. The van der Waals surface area contributed by atoms with Gasteiger partial charge in [-0.2, -0.15) is 0 Å². The van der Waals surface area contributed by atoms with Gasteiger partial charge in [0.1, 0.15) is 6.61 Å². The number of carbonyl (C=O) groups is 3. The first kappa shape index (κ1) is 23.4. The highest BCUT2D eigenvalue weighted by Crippen LogP contribution is 2.44. The minimum atomic E-state index is -0.996. The molecule has 2 amide bonds. The van der Waals surface area contributed by atoms with Gasteiger partial charge in [0, 0.05) is 18.6 Å². The first-order valence-electron chi connectivity index (χ1n) is 12.2. The summed E-state index contributed by atoms with van der Waals surface area (Å²) in [6.45, 7) is 2.17. The van der Waals surface area contributed by atoms with Crippen LogP contribution in [0.3, 0.4) is 0 Å². The number of fused-ring (bicyclic) bond motifs is 3. The molecule has 0 spiro atoms. The van der Waals surface area contributed by atoms with Gasteiger partial charge in [-0.25, -0.2) is 4.79 Å². The molecule has 3 aliphatic rings. The minimum Gasteiger partial charge on any atom is -0.481 e. The van der Waals surface area contributed by atoms with Crippen molar-refractivity contribution in [1.29, 1.82) is 0 Å². The second-order valence-electron chi connectivity index (χ2n) is 9.83. The molecule has 0 bridgehead atoms. The average molecular weight is 479 g/mol. The second kappa shape index (κ2) is 9.34. The SMILES string of the molecule is CC1(C(=O)O)CCCC1NC(=O)[C@H]1OCC[C@H]1NC(=O)OCC1c2ccccc2-c2ccccc21. The average Bonchev–Trinajstić information content (AvgIpc) is 3.55. The van der Waals surface area contributed by atoms with Gasteiger partial charge in [-0.15, -0.1) is 0 Å². The lowest BCUT2D eigenvalue weighted by molar-refractivity contribution is -0.149. The van der Waals surface area contributed by atoms with Crippen molar-refractivity contribution in [3.8, 4) is 11.1 Å². The van der Waals surface area contributed by atoms with Gasteiger partial charge in [-0.05, 0) is 48.4 Å². The number of rotatable bonds is 6. The predicted octanol–water partition coefficient (Wildman–Crippen LogP) is 3.44. The van der Waals surface area contributed by atoms with E-state index in [4.69, 9.17) is 9.47 Å². The van der Waals surface area contributed by atoms with Gasteiger partial charge >= 0.3 is 12.1 Å². The molecule has 2 aromatic carbocycles. The number of benzene rings is 2. The van der Waals surface area contributed by atoms with E-state index in [-0.39, 0.29) is 12.5 Å². The van der Waals surface area contributed by atoms with Crippen LogP contribution < -0.4 is 10.6 Å². The normalized spacial score (nSPS) is 27.2. The predicted molar refractivity (Wildman–Crippen MR) is 128 cm³/mol. The Labute approximate surface area is 204 Å². The quantitative estimate of drug-likeness (QED) is 0.586. The number of hydrogen-bond donors (Lipinski definition) is 3. The van der Waals surface area contributed by atoms with Crippen molar-refractivity contribution in [2.45, 2.75) is 56.7 Å². The van der Waals surface area contributed by atoms with E-state index in [2.05, 4.69) is 34.9 Å². The van der Waals surface area contributed by atoms with Gasteiger partial charge in [0.2, 0.25) is 0 Å². The van der Waals surface area contributed by atoms with E-state index in [0.717, 1.165) is 28.7 Å². The largest absolute Gasteiger partial charge is 0.481 e. The molecule has 2 fully saturated rings. The molecule has 1 heterocycles. The van der Waals surface area contributed by atoms with Crippen LogP contribution in [0.2, 0.25) is 0 Å². The number of carboxylic acids is 1. The monoisotopic (exact) mass is 478 g/mol. The van der Waals surface area contributed by atoms with E-state index in [1.54, 1.807) is 6.92 Å². The zero-order chi connectivity index (χ0) is 24.6. The number of hydrogen-bond acceptors (Lipinski definition) is 5. The highest BCUT2D eigenvalue weighted by Gasteiger charge is 2.47.